The molecule has 2 N–H and O–H groups in total. The molecule has 0 saturated carbocycles. The lowest BCUT2D eigenvalue weighted by Gasteiger charge is -2.39. The number of nitrogens with zero attached hydrogens (tertiary/aromatic N) is 1. The van der Waals surface area contributed by atoms with Crippen LogP contribution in [0.15, 0.2) is 48.5 Å². The fraction of sp³-hybridized carbons (Fsp3) is 0.444. The van der Waals surface area contributed by atoms with E-state index in [1.54, 1.807) is 0 Å². The van der Waals surface area contributed by atoms with Gasteiger partial charge >= 0.3 is 12.1 Å². The van der Waals surface area contributed by atoms with Crippen molar-refractivity contribution in [2.45, 2.75) is 51.6 Å². The Labute approximate surface area is 200 Å². The van der Waals surface area contributed by atoms with Gasteiger partial charge in [0, 0.05) is 12.5 Å². The van der Waals surface area contributed by atoms with Gasteiger partial charge < -0.3 is 20.1 Å². The molecule has 0 aromatic heterocycles. The van der Waals surface area contributed by atoms with E-state index in [4.69, 9.17) is 4.74 Å². The minimum atomic E-state index is -1.01. The van der Waals surface area contributed by atoms with Crippen LogP contribution in [0.4, 0.5) is 4.79 Å². The molecule has 0 bridgehead atoms. The van der Waals surface area contributed by atoms with Crippen molar-refractivity contribution in [3.8, 4) is 11.1 Å². The number of alkyl carbamates (subject to hydrolysis) is 1. The van der Waals surface area contributed by atoms with E-state index in [9.17, 15) is 19.5 Å². The van der Waals surface area contributed by atoms with Gasteiger partial charge in [-0.25, -0.2) is 9.59 Å². The summed E-state index contributed by atoms with van der Waals surface area (Å²) in [5, 5.41) is 12.3. The summed E-state index contributed by atoms with van der Waals surface area (Å²) in [7, 11) is 0. The van der Waals surface area contributed by atoms with E-state index in [1.165, 1.54) is 4.90 Å². The molecule has 7 heteroatoms. The average molecular weight is 465 g/mol. The number of hydrogen-bond donors (Lipinski definition) is 2. The van der Waals surface area contributed by atoms with E-state index in [-0.39, 0.29) is 30.3 Å². The number of hydrogen-bond acceptors (Lipinski definition) is 4. The number of carboxylic acid groups (broad SMARTS) is 1. The zero-order valence-electron chi connectivity index (χ0n) is 19.9. The van der Waals surface area contributed by atoms with Gasteiger partial charge in [0.15, 0.2) is 0 Å². The van der Waals surface area contributed by atoms with Crippen molar-refractivity contribution in [1.29, 1.82) is 0 Å². The lowest BCUT2D eigenvalue weighted by Crippen LogP contribution is -2.58. The second-order valence-electron chi connectivity index (χ2n) is 9.72. The molecule has 2 aromatic carbocycles. The third kappa shape index (κ3) is 4.65. The number of rotatable bonds is 6. The summed E-state index contributed by atoms with van der Waals surface area (Å²) in [6.45, 7) is 6.18. The van der Waals surface area contributed by atoms with Crippen molar-refractivity contribution in [1.82, 2.24) is 10.2 Å². The SMILES string of the molecule is CC1CCC(C(=O)O)N(C(=O)[C@@H](NC(=O)OCC2c3ccccc3-c3ccccc32)C(C)C)C1. The summed E-state index contributed by atoms with van der Waals surface area (Å²) >= 11 is 0. The number of carbonyl (C=O) groups is 3. The van der Waals surface area contributed by atoms with Gasteiger partial charge in [-0.1, -0.05) is 69.3 Å². The zero-order chi connectivity index (χ0) is 24.4. The highest BCUT2D eigenvalue weighted by Gasteiger charge is 2.39. The van der Waals surface area contributed by atoms with Gasteiger partial charge in [-0.15, -0.1) is 0 Å². The van der Waals surface area contributed by atoms with E-state index in [2.05, 4.69) is 17.4 Å². The van der Waals surface area contributed by atoms with Gasteiger partial charge in [-0.05, 0) is 46.9 Å². The molecule has 1 heterocycles. The second kappa shape index (κ2) is 9.87. The number of carbonyl (C=O) groups excluding carboxylic acids is 2. The van der Waals surface area contributed by atoms with Crippen molar-refractivity contribution in [2.24, 2.45) is 11.8 Å². The largest absolute Gasteiger partial charge is 0.480 e. The Hall–Kier alpha value is -3.35. The third-order valence-corrected chi connectivity index (χ3v) is 6.94. The first kappa shape index (κ1) is 23.8. The zero-order valence-corrected chi connectivity index (χ0v) is 19.9. The number of nitrogens with one attached hydrogen (secondary N) is 1. The Bertz CT molecular complexity index is 1040. The number of fused-ring (bicyclic) bond motifs is 3. The molecule has 2 aromatic rings. The number of carboxylic acids is 1. The van der Waals surface area contributed by atoms with Crippen LogP contribution in [0.2, 0.25) is 0 Å². The Balaban J connectivity index is 1.45. The first-order chi connectivity index (χ1) is 16.3. The predicted molar refractivity (Wildman–Crippen MR) is 128 cm³/mol. The quantitative estimate of drug-likeness (QED) is 0.666. The van der Waals surface area contributed by atoms with Crippen LogP contribution in [-0.4, -0.2) is 53.2 Å². The summed E-state index contributed by atoms with van der Waals surface area (Å²) in [5.74, 6) is -1.47. The lowest BCUT2D eigenvalue weighted by atomic mass is 9.92. The highest BCUT2D eigenvalue weighted by atomic mass is 16.5. The maximum absolute atomic E-state index is 13.3. The smallest absolute Gasteiger partial charge is 0.407 e. The van der Waals surface area contributed by atoms with Crippen LogP contribution in [0.5, 0.6) is 0 Å². The molecule has 1 fully saturated rings. The van der Waals surface area contributed by atoms with E-state index in [0.29, 0.717) is 13.0 Å². The van der Waals surface area contributed by atoms with Crippen molar-refractivity contribution in [3.63, 3.8) is 0 Å². The normalized spacial score (nSPS) is 20.4. The van der Waals surface area contributed by atoms with E-state index in [0.717, 1.165) is 28.7 Å². The molecule has 4 rings (SSSR count). The maximum Gasteiger partial charge on any atom is 0.407 e. The van der Waals surface area contributed by atoms with Crippen LogP contribution in [0, 0.1) is 11.8 Å². The topological polar surface area (TPSA) is 95.9 Å². The van der Waals surface area contributed by atoms with Crippen molar-refractivity contribution in [2.75, 3.05) is 13.2 Å². The molecule has 1 aliphatic heterocycles. The molecular weight excluding hydrogens is 432 g/mol. The van der Waals surface area contributed by atoms with Crippen molar-refractivity contribution >= 4 is 18.0 Å². The molecule has 180 valence electrons. The van der Waals surface area contributed by atoms with E-state index < -0.39 is 24.1 Å². The van der Waals surface area contributed by atoms with Gasteiger partial charge in [0.05, 0.1) is 0 Å². The molecular formula is C27H32N2O5. The Morgan fingerprint density at radius 2 is 1.62 bits per heavy atom. The molecule has 2 unspecified atom stereocenters. The third-order valence-electron chi connectivity index (χ3n) is 6.94. The van der Waals surface area contributed by atoms with Gasteiger partial charge in [0.2, 0.25) is 5.91 Å². The van der Waals surface area contributed by atoms with Crippen molar-refractivity contribution in [3.05, 3.63) is 59.7 Å². The molecule has 2 amide bonds. The summed E-state index contributed by atoms with van der Waals surface area (Å²) in [6, 6.07) is 14.5. The molecule has 1 aliphatic carbocycles. The average Bonchev–Trinajstić information content (AvgIpc) is 3.14. The maximum atomic E-state index is 13.3. The van der Waals surface area contributed by atoms with E-state index in [1.807, 2.05) is 57.2 Å². The van der Waals surface area contributed by atoms with Crippen LogP contribution in [-0.2, 0) is 14.3 Å². The number of benzene rings is 2. The van der Waals surface area contributed by atoms with Crippen LogP contribution < -0.4 is 5.32 Å². The monoisotopic (exact) mass is 464 g/mol. The van der Waals surface area contributed by atoms with Crippen LogP contribution in [0.1, 0.15) is 50.7 Å². The fourth-order valence-electron chi connectivity index (χ4n) is 5.11. The standard InChI is InChI=1S/C27H32N2O5/c1-16(2)24(25(30)29-14-17(3)12-13-23(29)26(31)32)28-27(33)34-15-22-20-10-6-4-8-18(20)19-9-5-7-11-21(19)22/h4-11,16-17,22-24H,12-15H2,1-3H3,(H,28,33)(H,31,32)/t17?,23?,24-/m0/s1. The summed E-state index contributed by atoms with van der Waals surface area (Å²) in [5.41, 5.74) is 4.50. The fourth-order valence-corrected chi connectivity index (χ4v) is 5.11. The van der Waals surface area contributed by atoms with E-state index >= 15 is 0 Å². The summed E-state index contributed by atoms with van der Waals surface area (Å²) < 4.78 is 5.62. The van der Waals surface area contributed by atoms with Crippen LogP contribution in [0.25, 0.3) is 11.1 Å². The van der Waals surface area contributed by atoms with Gasteiger partial charge in [-0.3, -0.25) is 4.79 Å². The minimum absolute atomic E-state index is 0.0781. The summed E-state index contributed by atoms with van der Waals surface area (Å²) in [4.78, 5) is 39.2. The Kier molecular flexibility index (Phi) is 6.91. The molecule has 0 radical (unpaired) electrons. The Morgan fingerprint density at radius 1 is 1.03 bits per heavy atom. The number of piperidine rings is 1. The minimum Gasteiger partial charge on any atom is -0.480 e. The number of amides is 2. The van der Waals surface area contributed by atoms with Gasteiger partial charge in [-0.2, -0.15) is 0 Å². The van der Waals surface area contributed by atoms with Gasteiger partial charge in [0.1, 0.15) is 18.7 Å². The highest BCUT2D eigenvalue weighted by Crippen LogP contribution is 2.44. The number of ether oxygens (including phenoxy) is 1. The molecule has 2 aliphatic rings. The van der Waals surface area contributed by atoms with Crippen LogP contribution in [0.3, 0.4) is 0 Å². The first-order valence-electron chi connectivity index (χ1n) is 11.9. The van der Waals surface area contributed by atoms with Crippen molar-refractivity contribution < 1.29 is 24.2 Å². The first-order valence-corrected chi connectivity index (χ1v) is 11.9. The van der Waals surface area contributed by atoms with Gasteiger partial charge in [0.25, 0.3) is 0 Å². The number of aliphatic carboxylic acids is 1. The predicted octanol–water partition coefficient (Wildman–Crippen LogP) is 4.26. The highest BCUT2D eigenvalue weighted by molar-refractivity contribution is 5.89. The number of likely N-dealkylation sites (tertiary alicyclic amines) is 1. The lowest BCUT2D eigenvalue weighted by molar-refractivity contribution is -0.154. The molecule has 0 spiro atoms. The summed E-state index contributed by atoms with van der Waals surface area (Å²) in [6.07, 6.45) is 0.496. The molecule has 34 heavy (non-hydrogen) atoms. The van der Waals surface area contributed by atoms with Crippen LogP contribution >= 0.6 is 0 Å². The molecule has 7 nitrogen and oxygen atoms in total. The molecule has 1 saturated heterocycles. The Morgan fingerprint density at radius 3 is 2.18 bits per heavy atom. The second-order valence-corrected chi connectivity index (χ2v) is 9.72. The molecule has 3 atom stereocenters.